The third-order valence-electron chi connectivity index (χ3n) is 3.67. The van der Waals surface area contributed by atoms with E-state index in [0.717, 1.165) is 19.4 Å². The quantitative estimate of drug-likeness (QED) is 0.690. The van der Waals surface area contributed by atoms with Crippen molar-refractivity contribution in [3.63, 3.8) is 0 Å². The van der Waals surface area contributed by atoms with E-state index in [1.54, 1.807) is 41.3 Å². The fraction of sp³-hybridized carbons (Fsp3) is 0.389. The Morgan fingerprint density at radius 1 is 1.17 bits per heavy atom. The summed E-state index contributed by atoms with van der Waals surface area (Å²) in [7, 11) is -1.24. The molecule has 0 N–H and O–H groups in total. The molecule has 0 aliphatic carbocycles. The molecular formula is C18H22ClNO3S. The average molecular weight is 368 g/mol. The molecule has 1 aromatic heterocycles. The first-order valence-corrected chi connectivity index (χ1v) is 9.76. The number of amides is 1. The van der Waals surface area contributed by atoms with Gasteiger partial charge in [-0.05, 0) is 49.7 Å². The average Bonchev–Trinajstić information content (AvgIpc) is 3.04. The van der Waals surface area contributed by atoms with Gasteiger partial charge in [0.25, 0.3) is 5.91 Å². The lowest BCUT2D eigenvalue weighted by Gasteiger charge is -2.19. The molecule has 0 spiro atoms. The van der Waals surface area contributed by atoms with E-state index >= 15 is 0 Å². The summed E-state index contributed by atoms with van der Waals surface area (Å²) in [5.74, 6) is 0.958. The van der Waals surface area contributed by atoms with Gasteiger partial charge in [-0.2, -0.15) is 0 Å². The molecule has 24 heavy (non-hydrogen) atoms. The Morgan fingerprint density at radius 3 is 2.50 bits per heavy atom. The van der Waals surface area contributed by atoms with Crippen molar-refractivity contribution in [1.82, 2.24) is 4.90 Å². The summed E-state index contributed by atoms with van der Waals surface area (Å²) in [6.45, 7) is 5.41. The summed E-state index contributed by atoms with van der Waals surface area (Å²) in [4.78, 5) is 14.9. The maximum absolute atomic E-state index is 12.4. The SMILES string of the molecule is CCCCN(CC)C(=O)c1ccc(C[S@@](=O)c2ccc(Cl)cc2)o1. The zero-order valence-corrected chi connectivity index (χ0v) is 15.5. The van der Waals surface area contributed by atoms with Gasteiger partial charge >= 0.3 is 0 Å². The van der Waals surface area contributed by atoms with Crippen molar-refractivity contribution in [2.75, 3.05) is 13.1 Å². The van der Waals surface area contributed by atoms with E-state index in [0.29, 0.717) is 28.0 Å². The molecule has 0 saturated carbocycles. The molecule has 130 valence electrons. The summed E-state index contributed by atoms with van der Waals surface area (Å²) < 4.78 is 18.0. The molecule has 0 fully saturated rings. The Labute approximate surface area is 150 Å². The lowest BCUT2D eigenvalue weighted by Crippen LogP contribution is -2.31. The fourth-order valence-electron chi connectivity index (χ4n) is 2.28. The summed E-state index contributed by atoms with van der Waals surface area (Å²) in [5, 5.41) is 0.605. The van der Waals surface area contributed by atoms with Crippen molar-refractivity contribution in [3.8, 4) is 0 Å². The number of hydrogen-bond acceptors (Lipinski definition) is 3. The smallest absolute Gasteiger partial charge is 0.289 e. The predicted octanol–water partition coefficient (Wildman–Crippen LogP) is 4.50. The largest absolute Gasteiger partial charge is 0.455 e. The number of carbonyl (C=O) groups excluding carboxylic acids is 1. The number of hydrogen-bond donors (Lipinski definition) is 0. The molecule has 0 aliphatic heterocycles. The molecule has 6 heteroatoms. The minimum absolute atomic E-state index is 0.116. The molecule has 0 radical (unpaired) electrons. The number of unbranched alkanes of at least 4 members (excludes halogenated alkanes) is 1. The van der Waals surface area contributed by atoms with Crippen molar-refractivity contribution in [3.05, 3.63) is 52.9 Å². The van der Waals surface area contributed by atoms with Crippen molar-refractivity contribution in [2.24, 2.45) is 0 Å². The maximum Gasteiger partial charge on any atom is 0.289 e. The first-order valence-electron chi connectivity index (χ1n) is 8.07. The highest BCUT2D eigenvalue weighted by Gasteiger charge is 2.18. The highest BCUT2D eigenvalue weighted by molar-refractivity contribution is 7.84. The lowest BCUT2D eigenvalue weighted by molar-refractivity contribution is 0.0729. The minimum Gasteiger partial charge on any atom is -0.455 e. The van der Waals surface area contributed by atoms with Crippen LogP contribution in [0, 0.1) is 0 Å². The molecule has 1 heterocycles. The summed E-state index contributed by atoms with van der Waals surface area (Å²) in [6.07, 6.45) is 2.00. The Bertz CT molecular complexity index is 697. The molecule has 2 aromatic rings. The zero-order chi connectivity index (χ0) is 17.5. The molecule has 0 saturated heterocycles. The highest BCUT2D eigenvalue weighted by Crippen LogP contribution is 2.18. The van der Waals surface area contributed by atoms with E-state index in [2.05, 4.69) is 6.92 Å². The second kappa shape index (κ2) is 9.04. The van der Waals surface area contributed by atoms with Gasteiger partial charge in [-0.25, -0.2) is 0 Å². The number of rotatable bonds is 8. The number of furan rings is 1. The van der Waals surface area contributed by atoms with Gasteiger partial charge in [0.2, 0.25) is 0 Å². The summed E-state index contributed by atoms with van der Waals surface area (Å²) in [6, 6.07) is 10.3. The highest BCUT2D eigenvalue weighted by atomic mass is 35.5. The predicted molar refractivity (Wildman–Crippen MR) is 96.8 cm³/mol. The number of halogens is 1. The van der Waals surface area contributed by atoms with Gasteiger partial charge in [-0.15, -0.1) is 0 Å². The molecule has 0 unspecified atom stereocenters. The van der Waals surface area contributed by atoms with E-state index in [4.69, 9.17) is 16.0 Å². The topological polar surface area (TPSA) is 50.5 Å². The van der Waals surface area contributed by atoms with Crippen LogP contribution in [0.15, 0.2) is 45.7 Å². The number of benzene rings is 1. The molecule has 0 bridgehead atoms. The minimum atomic E-state index is -1.24. The van der Waals surface area contributed by atoms with Gasteiger partial charge in [-0.1, -0.05) is 24.9 Å². The van der Waals surface area contributed by atoms with Crippen LogP contribution in [0.3, 0.4) is 0 Å². The van der Waals surface area contributed by atoms with Gasteiger partial charge in [0.1, 0.15) is 5.76 Å². The molecule has 0 aliphatic rings. The molecule has 1 aromatic carbocycles. The standard InChI is InChI=1S/C18H22ClNO3S/c1-3-5-12-20(4-2)18(21)17-11-8-15(23-17)13-24(22)16-9-6-14(19)7-10-16/h6-11H,3-5,12-13H2,1-2H3/t24-/m1/s1. The maximum atomic E-state index is 12.4. The Hall–Kier alpha value is -1.59. The Kier molecular flexibility index (Phi) is 7.06. The van der Waals surface area contributed by atoms with Crippen molar-refractivity contribution < 1.29 is 13.4 Å². The van der Waals surface area contributed by atoms with E-state index < -0.39 is 10.8 Å². The van der Waals surface area contributed by atoms with Crippen molar-refractivity contribution >= 4 is 28.3 Å². The molecular weight excluding hydrogens is 346 g/mol. The van der Waals surface area contributed by atoms with Crippen LogP contribution in [-0.2, 0) is 16.6 Å². The van der Waals surface area contributed by atoms with Crippen LogP contribution in [0.1, 0.15) is 43.0 Å². The second-order valence-electron chi connectivity index (χ2n) is 5.45. The van der Waals surface area contributed by atoms with Crippen LogP contribution >= 0.6 is 11.6 Å². The van der Waals surface area contributed by atoms with Crippen LogP contribution in [0.5, 0.6) is 0 Å². The second-order valence-corrected chi connectivity index (χ2v) is 7.34. The van der Waals surface area contributed by atoms with Crippen molar-refractivity contribution in [1.29, 1.82) is 0 Å². The first-order chi connectivity index (χ1) is 11.5. The molecule has 4 nitrogen and oxygen atoms in total. The lowest BCUT2D eigenvalue weighted by atomic mass is 10.3. The Morgan fingerprint density at radius 2 is 1.88 bits per heavy atom. The van der Waals surface area contributed by atoms with E-state index in [1.165, 1.54) is 0 Å². The van der Waals surface area contributed by atoms with E-state index in [9.17, 15) is 9.00 Å². The third-order valence-corrected chi connectivity index (χ3v) is 5.27. The van der Waals surface area contributed by atoms with Gasteiger partial charge in [0.15, 0.2) is 5.76 Å². The Balaban J connectivity index is 2.03. The normalized spacial score (nSPS) is 12.1. The van der Waals surface area contributed by atoms with Crippen LogP contribution < -0.4 is 0 Å². The fourth-order valence-corrected chi connectivity index (χ4v) is 3.42. The number of nitrogens with zero attached hydrogens (tertiary/aromatic N) is 1. The molecule has 2 rings (SSSR count). The number of carbonyl (C=O) groups is 1. The van der Waals surface area contributed by atoms with Crippen molar-refractivity contribution in [2.45, 2.75) is 37.3 Å². The van der Waals surface area contributed by atoms with Crippen LogP contribution in [0.2, 0.25) is 5.02 Å². The first kappa shape index (κ1) is 18.7. The zero-order valence-electron chi connectivity index (χ0n) is 14.0. The van der Waals surface area contributed by atoms with Gasteiger partial charge in [0, 0.05) is 23.0 Å². The van der Waals surface area contributed by atoms with Gasteiger partial charge in [-0.3, -0.25) is 9.00 Å². The van der Waals surface area contributed by atoms with Gasteiger partial charge < -0.3 is 9.32 Å². The monoisotopic (exact) mass is 367 g/mol. The van der Waals surface area contributed by atoms with E-state index in [1.807, 2.05) is 6.92 Å². The van der Waals surface area contributed by atoms with E-state index in [-0.39, 0.29) is 11.7 Å². The molecule has 1 atom stereocenters. The van der Waals surface area contributed by atoms with Gasteiger partial charge in [0.05, 0.1) is 16.6 Å². The third kappa shape index (κ3) is 4.95. The van der Waals surface area contributed by atoms with Crippen LogP contribution in [0.25, 0.3) is 0 Å². The molecule has 1 amide bonds. The summed E-state index contributed by atoms with van der Waals surface area (Å²) in [5.41, 5.74) is 0. The summed E-state index contributed by atoms with van der Waals surface area (Å²) >= 11 is 5.83. The van der Waals surface area contributed by atoms with Crippen LogP contribution in [0.4, 0.5) is 0 Å². The van der Waals surface area contributed by atoms with Crippen LogP contribution in [-0.4, -0.2) is 28.1 Å².